The number of anilines is 1. The summed E-state index contributed by atoms with van der Waals surface area (Å²) in [7, 11) is -0.754. The van der Waals surface area contributed by atoms with Crippen molar-refractivity contribution in [3.63, 3.8) is 0 Å². The summed E-state index contributed by atoms with van der Waals surface area (Å²) >= 11 is 1.26. The van der Waals surface area contributed by atoms with E-state index in [1.165, 1.54) is 43.8 Å². The molecule has 158 valence electrons. The van der Waals surface area contributed by atoms with E-state index in [0.29, 0.717) is 16.3 Å². The van der Waals surface area contributed by atoms with Gasteiger partial charge in [0.2, 0.25) is 10.0 Å². The maximum atomic E-state index is 12.9. The van der Waals surface area contributed by atoms with Crippen LogP contribution in [0.2, 0.25) is 0 Å². The van der Waals surface area contributed by atoms with Crippen molar-refractivity contribution in [3.05, 3.63) is 78.3 Å². The van der Waals surface area contributed by atoms with Gasteiger partial charge in [-0.05, 0) is 18.2 Å². The Balaban J connectivity index is 1.69. The van der Waals surface area contributed by atoms with Crippen LogP contribution in [0.4, 0.5) is 5.69 Å². The standard InChI is InChI=1S/C21H19N5O3S2/c1-25(2)31(28,29)16-8-9-18(26-11-10-22-14-26)17(12-16)24-20(27)19-13-23-21(30-19)15-6-4-3-5-7-15/h3-14H,1-2H3,(H,24,27). The van der Waals surface area contributed by atoms with Crippen LogP contribution in [-0.2, 0) is 10.0 Å². The Bertz CT molecular complexity index is 1310. The number of hydrogen-bond donors (Lipinski definition) is 1. The molecule has 0 aliphatic carbocycles. The van der Waals surface area contributed by atoms with Gasteiger partial charge < -0.3 is 9.88 Å². The number of imidazole rings is 1. The average Bonchev–Trinajstić information content (AvgIpc) is 3.47. The SMILES string of the molecule is CN(C)S(=O)(=O)c1ccc(-n2ccnc2)c(NC(=O)c2cnc(-c3ccccc3)s2)c1. The molecule has 4 aromatic rings. The van der Waals surface area contributed by atoms with E-state index in [2.05, 4.69) is 15.3 Å². The predicted molar refractivity (Wildman–Crippen MR) is 120 cm³/mol. The number of thiazole rings is 1. The molecule has 1 amide bonds. The summed E-state index contributed by atoms with van der Waals surface area (Å²) in [4.78, 5) is 21.8. The van der Waals surface area contributed by atoms with Gasteiger partial charge in [-0.2, -0.15) is 0 Å². The number of nitrogens with one attached hydrogen (secondary N) is 1. The van der Waals surface area contributed by atoms with Crippen LogP contribution in [0.15, 0.2) is 78.3 Å². The minimum Gasteiger partial charge on any atom is -0.319 e. The number of rotatable bonds is 6. The lowest BCUT2D eigenvalue weighted by Crippen LogP contribution is -2.22. The molecule has 0 bridgehead atoms. The van der Waals surface area contributed by atoms with Gasteiger partial charge >= 0.3 is 0 Å². The van der Waals surface area contributed by atoms with Gasteiger partial charge in [-0.15, -0.1) is 11.3 Å². The molecule has 0 unspecified atom stereocenters. The van der Waals surface area contributed by atoms with Gasteiger partial charge in [-0.25, -0.2) is 22.7 Å². The fourth-order valence-electron chi connectivity index (χ4n) is 2.89. The molecule has 31 heavy (non-hydrogen) atoms. The lowest BCUT2D eigenvalue weighted by atomic mass is 10.2. The number of sulfonamides is 1. The number of carbonyl (C=O) groups is 1. The van der Waals surface area contributed by atoms with Gasteiger partial charge in [-0.1, -0.05) is 30.3 Å². The van der Waals surface area contributed by atoms with Crippen molar-refractivity contribution in [2.75, 3.05) is 19.4 Å². The Morgan fingerprint density at radius 1 is 1.13 bits per heavy atom. The van der Waals surface area contributed by atoms with E-state index in [4.69, 9.17) is 0 Å². The van der Waals surface area contributed by atoms with Crippen LogP contribution in [0.5, 0.6) is 0 Å². The first-order chi connectivity index (χ1) is 14.9. The number of carbonyl (C=O) groups excluding carboxylic acids is 1. The summed E-state index contributed by atoms with van der Waals surface area (Å²) in [5.41, 5.74) is 1.86. The molecule has 2 aromatic heterocycles. The third kappa shape index (κ3) is 4.26. The number of amides is 1. The van der Waals surface area contributed by atoms with Gasteiger partial charge in [-0.3, -0.25) is 4.79 Å². The van der Waals surface area contributed by atoms with E-state index in [9.17, 15) is 13.2 Å². The normalized spacial score (nSPS) is 11.6. The Kier molecular flexibility index (Phi) is 5.68. The molecule has 0 fully saturated rings. The third-order valence-electron chi connectivity index (χ3n) is 4.53. The Morgan fingerprint density at radius 2 is 1.90 bits per heavy atom. The zero-order chi connectivity index (χ0) is 22.0. The highest BCUT2D eigenvalue weighted by atomic mass is 32.2. The van der Waals surface area contributed by atoms with Gasteiger partial charge in [0.25, 0.3) is 5.91 Å². The molecule has 0 spiro atoms. The van der Waals surface area contributed by atoms with E-state index in [1.807, 2.05) is 30.3 Å². The maximum absolute atomic E-state index is 12.9. The van der Waals surface area contributed by atoms with E-state index < -0.39 is 10.0 Å². The molecule has 0 atom stereocenters. The minimum absolute atomic E-state index is 0.0749. The molecule has 0 saturated carbocycles. The molecule has 0 radical (unpaired) electrons. The fraction of sp³-hybridized carbons (Fsp3) is 0.0952. The van der Waals surface area contributed by atoms with Crippen LogP contribution in [0.3, 0.4) is 0 Å². The number of nitrogens with zero attached hydrogens (tertiary/aromatic N) is 4. The number of hydrogen-bond acceptors (Lipinski definition) is 6. The topological polar surface area (TPSA) is 97.2 Å². The first-order valence-electron chi connectivity index (χ1n) is 9.24. The van der Waals surface area contributed by atoms with Gasteiger partial charge in [0.15, 0.2) is 0 Å². The van der Waals surface area contributed by atoms with Crippen molar-refractivity contribution < 1.29 is 13.2 Å². The highest BCUT2D eigenvalue weighted by Crippen LogP contribution is 2.28. The van der Waals surface area contributed by atoms with Crippen molar-refractivity contribution in [2.24, 2.45) is 0 Å². The molecule has 0 aliphatic rings. The van der Waals surface area contributed by atoms with Gasteiger partial charge in [0.1, 0.15) is 9.88 Å². The lowest BCUT2D eigenvalue weighted by molar-refractivity contribution is 0.103. The van der Waals surface area contributed by atoms with Crippen molar-refractivity contribution in [1.29, 1.82) is 0 Å². The summed E-state index contributed by atoms with van der Waals surface area (Å²) in [5.74, 6) is -0.375. The second kappa shape index (κ2) is 8.42. The van der Waals surface area contributed by atoms with Crippen LogP contribution in [0.1, 0.15) is 9.67 Å². The second-order valence-corrected chi connectivity index (χ2v) is 9.97. The van der Waals surface area contributed by atoms with E-state index >= 15 is 0 Å². The summed E-state index contributed by atoms with van der Waals surface area (Å²) in [5, 5.41) is 3.56. The zero-order valence-electron chi connectivity index (χ0n) is 16.8. The first-order valence-corrected chi connectivity index (χ1v) is 11.5. The molecule has 1 N–H and O–H groups in total. The van der Waals surface area contributed by atoms with Crippen LogP contribution in [0, 0.1) is 0 Å². The smallest absolute Gasteiger partial charge is 0.267 e. The quantitative estimate of drug-likeness (QED) is 0.482. The van der Waals surface area contributed by atoms with Crippen molar-refractivity contribution in [2.45, 2.75) is 4.90 Å². The minimum atomic E-state index is -3.67. The zero-order valence-corrected chi connectivity index (χ0v) is 18.4. The predicted octanol–water partition coefficient (Wildman–Crippen LogP) is 3.50. The third-order valence-corrected chi connectivity index (χ3v) is 7.38. The molecule has 2 heterocycles. The molecular formula is C21H19N5O3S2. The van der Waals surface area contributed by atoms with Crippen molar-refractivity contribution in [1.82, 2.24) is 18.8 Å². The average molecular weight is 454 g/mol. The van der Waals surface area contributed by atoms with E-state index in [0.717, 1.165) is 14.9 Å². The monoisotopic (exact) mass is 453 g/mol. The van der Waals surface area contributed by atoms with Crippen LogP contribution in [0.25, 0.3) is 16.3 Å². The molecule has 8 nitrogen and oxygen atoms in total. The lowest BCUT2D eigenvalue weighted by Gasteiger charge is -2.16. The molecule has 10 heteroatoms. The number of aromatic nitrogens is 3. The Hall–Kier alpha value is -3.34. The summed E-state index contributed by atoms with van der Waals surface area (Å²) in [6.07, 6.45) is 6.40. The number of benzene rings is 2. The second-order valence-electron chi connectivity index (χ2n) is 6.79. The summed E-state index contributed by atoms with van der Waals surface area (Å²) in [6.45, 7) is 0. The summed E-state index contributed by atoms with van der Waals surface area (Å²) in [6, 6.07) is 14.2. The largest absolute Gasteiger partial charge is 0.319 e. The molecule has 2 aromatic carbocycles. The highest BCUT2D eigenvalue weighted by molar-refractivity contribution is 7.89. The van der Waals surface area contributed by atoms with E-state index in [1.54, 1.807) is 29.4 Å². The first kappa shape index (κ1) is 20.9. The fourth-order valence-corrected chi connectivity index (χ4v) is 4.64. The summed E-state index contributed by atoms with van der Waals surface area (Å²) < 4.78 is 28.0. The van der Waals surface area contributed by atoms with Gasteiger partial charge in [0, 0.05) is 32.1 Å². The van der Waals surface area contributed by atoms with Crippen LogP contribution < -0.4 is 5.32 Å². The highest BCUT2D eigenvalue weighted by Gasteiger charge is 2.21. The van der Waals surface area contributed by atoms with Gasteiger partial charge in [0.05, 0.1) is 28.8 Å². The van der Waals surface area contributed by atoms with Crippen LogP contribution >= 0.6 is 11.3 Å². The molecule has 4 rings (SSSR count). The van der Waals surface area contributed by atoms with E-state index in [-0.39, 0.29) is 10.8 Å². The maximum Gasteiger partial charge on any atom is 0.267 e. The van der Waals surface area contributed by atoms with Crippen molar-refractivity contribution >= 4 is 33.0 Å². The molecule has 0 aliphatic heterocycles. The molecular weight excluding hydrogens is 434 g/mol. The molecule has 0 saturated heterocycles. The Morgan fingerprint density at radius 3 is 2.58 bits per heavy atom. The Labute approximate surface area is 183 Å². The van der Waals surface area contributed by atoms with Crippen LogP contribution in [-0.4, -0.2) is 47.3 Å². The van der Waals surface area contributed by atoms with Crippen molar-refractivity contribution in [3.8, 4) is 16.3 Å².